The number of methoxy groups -OCH3 is 1. The third-order valence-corrected chi connectivity index (χ3v) is 7.99. The topological polar surface area (TPSA) is 111 Å². The van der Waals surface area contributed by atoms with Gasteiger partial charge >= 0.3 is 5.97 Å². The number of aromatic nitrogens is 2. The lowest BCUT2D eigenvalue weighted by Gasteiger charge is -2.15. The van der Waals surface area contributed by atoms with Gasteiger partial charge in [0.05, 0.1) is 28.6 Å². The summed E-state index contributed by atoms with van der Waals surface area (Å²) in [5.41, 5.74) is 2.33. The summed E-state index contributed by atoms with van der Waals surface area (Å²) in [5.74, 6) is 0.0518. The van der Waals surface area contributed by atoms with Gasteiger partial charge in [0, 0.05) is 38.2 Å². The van der Waals surface area contributed by atoms with Crippen LogP contribution in [0, 0.1) is 0 Å². The van der Waals surface area contributed by atoms with Crippen LogP contribution < -0.4 is 5.32 Å². The molecule has 1 aliphatic rings. The number of nitrogens with zero attached hydrogens (tertiary/aromatic N) is 3. The Hall–Kier alpha value is -3.24. The highest BCUT2D eigenvalue weighted by Crippen LogP contribution is 2.26. The molecule has 0 unspecified atom stereocenters. The molecule has 1 fully saturated rings. The number of sulfonamides is 1. The fourth-order valence-corrected chi connectivity index (χ4v) is 5.89. The fraction of sp³-hybridized carbons (Fsp3) is 0.400. The third kappa shape index (κ3) is 5.38. The maximum Gasteiger partial charge on any atom is 0.337 e. The van der Waals surface area contributed by atoms with Gasteiger partial charge in [-0.05, 0) is 55.7 Å². The van der Waals surface area contributed by atoms with Gasteiger partial charge in [-0.15, -0.1) is 0 Å². The number of rotatable bonds is 9. The number of amides is 1. The van der Waals surface area contributed by atoms with E-state index in [0.717, 1.165) is 30.6 Å². The number of nitrogens with one attached hydrogen (secondary N) is 1. The highest BCUT2D eigenvalue weighted by Gasteiger charge is 2.28. The zero-order valence-electron chi connectivity index (χ0n) is 20.0. The van der Waals surface area contributed by atoms with Crippen LogP contribution in [0.15, 0.2) is 47.4 Å². The zero-order valence-corrected chi connectivity index (χ0v) is 20.8. The van der Waals surface area contributed by atoms with Gasteiger partial charge in [-0.1, -0.05) is 13.0 Å². The van der Waals surface area contributed by atoms with Crippen LogP contribution in [0.25, 0.3) is 11.0 Å². The summed E-state index contributed by atoms with van der Waals surface area (Å²) in [6, 6.07) is 11.7. The van der Waals surface area contributed by atoms with E-state index in [4.69, 9.17) is 9.72 Å². The minimum atomic E-state index is -3.53. The zero-order chi connectivity index (χ0) is 25.0. The van der Waals surface area contributed by atoms with Gasteiger partial charge in [-0.2, -0.15) is 4.31 Å². The minimum Gasteiger partial charge on any atom is -0.465 e. The van der Waals surface area contributed by atoms with Crippen LogP contribution in [-0.2, 0) is 32.5 Å². The second-order valence-corrected chi connectivity index (χ2v) is 10.5. The molecule has 10 heteroatoms. The van der Waals surface area contributed by atoms with Crippen molar-refractivity contribution in [2.75, 3.05) is 25.5 Å². The Bertz CT molecular complexity index is 1340. The van der Waals surface area contributed by atoms with Crippen molar-refractivity contribution < 1.29 is 22.7 Å². The maximum absolute atomic E-state index is 13.0. The Morgan fingerprint density at radius 1 is 1.11 bits per heavy atom. The van der Waals surface area contributed by atoms with Gasteiger partial charge in [-0.3, -0.25) is 4.79 Å². The summed E-state index contributed by atoms with van der Waals surface area (Å²) in [4.78, 5) is 29.3. The van der Waals surface area contributed by atoms with Crippen LogP contribution in [0.4, 0.5) is 5.69 Å². The first-order chi connectivity index (χ1) is 16.8. The maximum atomic E-state index is 13.0. The number of hydrogen-bond donors (Lipinski definition) is 1. The van der Waals surface area contributed by atoms with Crippen LogP contribution in [0.2, 0.25) is 0 Å². The van der Waals surface area contributed by atoms with E-state index in [1.807, 2.05) is 10.6 Å². The SMILES string of the molecule is CCCn1c(CCC(=O)Nc2cccc(C(=O)OC)c2)nc2cc(S(=O)(=O)N3CCCC3)ccc21. The van der Waals surface area contributed by atoms with Crippen LogP contribution in [0.3, 0.4) is 0 Å². The summed E-state index contributed by atoms with van der Waals surface area (Å²) in [5, 5.41) is 2.81. The van der Waals surface area contributed by atoms with Crippen molar-refractivity contribution in [1.29, 1.82) is 0 Å². The van der Waals surface area contributed by atoms with E-state index in [1.54, 1.807) is 36.4 Å². The summed E-state index contributed by atoms with van der Waals surface area (Å²) in [7, 11) is -2.22. The molecule has 1 aromatic heterocycles. The van der Waals surface area contributed by atoms with E-state index in [0.29, 0.717) is 42.8 Å². The second kappa shape index (κ2) is 10.6. The van der Waals surface area contributed by atoms with Crippen molar-refractivity contribution in [3.8, 4) is 0 Å². The number of imidazole rings is 1. The van der Waals surface area contributed by atoms with Gasteiger partial charge in [-0.25, -0.2) is 18.2 Å². The Labute approximate surface area is 205 Å². The summed E-state index contributed by atoms with van der Waals surface area (Å²) < 4.78 is 34.3. The Morgan fingerprint density at radius 3 is 2.60 bits per heavy atom. The molecule has 2 heterocycles. The van der Waals surface area contributed by atoms with Crippen LogP contribution >= 0.6 is 0 Å². The van der Waals surface area contributed by atoms with Crippen molar-refractivity contribution in [2.24, 2.45) is 0 Å². The van der Waals surface area contributed by atoms with Gasteiger partial charge in [0.25, 0.3) is 0 Å². The molecular formula is C25H30N4O5S. The van der Waals surface area contributed by atoms with Crippen LogP contribution in [0.5, 0.6) is 0 Å². The number of benzene rings is 2. The first-order valence-electron chi connectivity index (χ1n) is 11.8. The van der Waals surface area contributed by atoms with Gasteiger partial charge in [0.1, 0.15) is 5.82 Å². The van der Waals surface area contributed by atoms with Crippen LogP contribution in [0.1, 0.15) is 48.8 Å². The molecule has 0 saturated carbocycles. The highest BCUT2D eigenvalue weighted by molar-refractivity contribution is 7.89. The average molecular weight is 499 g/mol. The summed E-state index contributed by atoms with van der Waals surface area (Å²) in [6.07, 6.45) is 3.22. The van der Waals surface area contributed by atoms with Gasteiger partial charge in [0.15, 0.2) is 0 Å². The lowest BCUT2D eigenvalue weighted by Crippen LogP contribution is -2.27. The smallest absolute Gasteiger partial charge is 0.337 e. The Kier molecular flexibility index (Phi) is 7.51. The molecule has 0 aliphatic carbocycles. The molecule has 1 N–H and O–H groups in total. The lowest BCUT2D eigenvalue weighted by atomic mass is 10.2. The van der Waals surface area contributed by atoms with Crippen molar-refractivity contribution in [1.82, 2.24) is 13.9 Å². The van der Waals surface area contributed by atoms with E-state index >= 15 is 0 Å². The van der Waals surface area contributed by atoms with Crippen molar-refractivity contribution in [2.45, 2.75) is 50.5 Å². The van der Waals surface area contributed by atoms with Gasteiger partial charge in [0.2, 0.25) is 15.9 Å². The average Bonchev–Trinajstić information content (AvgIpc) is 3.51. The molecule has 0 spiro atoms. The minimum absolute atomic E-state index is 0.189. The molecule has 1 saturated heterocycles. The predicted octanol–water partition coefficient (Wildman–Crippen LogP) is 3.59. The normalized spacial score (nSPS) is 14.3. The molecule has 0 atom stereocenters. The Balaban J connectivity index is 1.52. The molecule has 1 aliphatic heterocycles. The molecular weight excluding hydrogens is 468 g/mol. The Morgan fingerprint density at radius 2 is 1.89 bits per heavy atom. The summed E-state index contributed by atoms with van der Waals surface area (Å²) >= 11 is 0. The number of fused-ring (bicyclic) bond motifs is 1. The van der Waals surface area contributed by atoms with E-state index < -0.39 is 16.0 Å². The standard InChI is InChI=1S/C25H30N4O5S/c1-3-13-29-22-10-9-20(35(32,33)28-14-4-5-15-28)17-21(22)27-23(29)11-12-24(30)26-19-8-6-7-18(16-19)25(31)34-2/h6-10,16-17H,3-5,11-15H2,1-2H3,(H,26,30). The molecule has 9 nitrogen and oxygen atoms in total. The molecule has 4 rings (SSSR count). The second-order valence-electron chi connectivity index (χ2n) is 8.56. The quantitative estimate of drug-likeness (QED) is 0.452. The highest BCUT2D eigenvalue weighted by atomic mass is 32.2. The predicted molar refractivity (Wildman–Crippen MR) is 133 cm³/mol. The number of carbonyl (C=O) groups excluding carboxylic acids is 2. The number of ether oxygens (including phenoxy) is 1. The van der Waals surface area contributed by atoms with E-state index in [2.05, 4.69) is 12.2 Å². The molecule has 2 aromatic carbocycles. The van der Waals surface area contributed by atoms with Crippen molar-refractivity contribution in [3.05, 3.63) is 53.9 Å². The van der Waals surface area contributed by atoms with Crippen molar-refractivity contribution >= 4 is 38.6 Å². The lowest BCUT2D eigenvalue weighted by molar-refractivity contribution is -0.116. The number of anilines is 1. The number of esters is 1. The first kappa shape index (κ1) is 24.9. The molecule has 0 bridgehead atoms. The molecule has 35 heavy (non-hydrogen) atoms. The van der Waals surface area contributed by atoms with E-state index in [-0.39, 0.29) is 17.2 Å². The van der Waals surface area contributed by atoms with Crippen LogP contribution in [-0.4, -0.2) is 54.3 Å². The first-order valence-corrected chi connectivity index (χ1v) is 13.2. The third-order valence-electron chi connectivity index (χ3n) is 6.09. The van der Waals surface area contributed by atoms with Gasteiger partial charge < -0.3 is 14.6 Å². The molecule has 186 valence electrons. The fourth-order valence-electron chi connectivity index (χ4n) is 4.35. The summed E-state index contributed by atoms with van der Waals surface area (Å²) in [6.45, 7) is 3.87. The number of carbonyl (C=O) groups is 2. The molecule has 1 amide bonds. The molecule has 3 aromatic rings. The monoisotopic (exact) mass is 498 g/mol. The number of aryl methyl sites for hydroxylation is 2. The van der Waals surface area contributed by atoms with E-state index in [9.17, 15) is 18.0 Å². The van der Waals surface area contributed by atoms with Crippen molar-refractivity contribution in [3.63, 3.8) is 0 Å². The molecule has 0 radical (unpaired) electrons. The largest absolute Gasteiger partial charge is 0.465 e. The van der Waals surface area contributed by atoms with E-state index in [1.165, 1.54) is 11.4 Å². The number of hydrogen-bond acceptors (Lipinski definition) is 6.